The third kappa shape index (κ3) is 8.08. The number of Topliss-reactive ketones (excluding diaryl/α,β-unsaturated/α-hetero) is 2. The van der Waals surface area contributed by atoms with Gasteiger partial charge < -0.3 is 9.84 Å². The van der Waals surface area contributed by atoms with E-state index in [9.17, 15) is 14.4 Å². The van der Waals surface area contributed by atoms with Gasteiger partial charge in [0.15, 0.2) is 18.2 Å². The minimum absolute atomic E-state index is 0.0637. The number of aliphatic carboxylic acids is 1. The first-order valence-electron chi connectivity index (χ1n) is 14.4. The summed E-state index contributed by atoms with van der Waals surface area (Å²) in [5, 5.41) is 12.8. The van der Waals surface area contributed by atoms with E-state index in [0.717, 1.165) is 71.3 Å². The molecule has 228 valence electrons. The van der Waals surface area contributed by atoms with E-state index >= 15 is 0 Å². The first kappa shape index (κ1) is 32.2. The quantitative estimate of drug-likeness (QED) is 0.101. The fourth-order valence-electron chi connectivity index (χ4n) is 4.80. The number of carboxylic acids is 1. The Kier molecular flexibility index (Phi) is 10.5. The number of carbonyl (C=O) groups is 3. The van der Waals surface area contributed by atoms with Crippen molar-refractivity contribution in [1.82, 2.24) is 0 Å². The monoisotopic (exact) mass is 652 g/mol. The number of hydrogen-bond donors (Lipinski definition) is 1. The molecule has 2 aromatic heterocycles. The van der Waals surface area contributed by atoms with Crippen LogP contribution in [0.25, 0.3) is 26.5 Å². The normalized spacial score (nSPS) is 10.8. The van der Waals surface area contributed by atoms with Gasteiger partial charge in [-0.1, -0.05) is 61.5 Å². The lowest BCUT2D eigenvalue weighted by Gasteiger charge is -2.12. The van der Waals surface area contributed by atoms with Gasteiger partial charge in [0, 0.05) is 42.3 Å². The standard InChI is InChI=1S/C37H32O5S3/c1-4-25-17-32(13-14-34(25)42-20-37(40)41)43-16-15-33(26-5-9-28(10-6-26)35-18-30(21-44-35)23(2)38)27-7-11-29(12-8-27)36-19-31(22-45-36)24(3)39/h5-15,17-19,21-22H,4,16,20H2,1-3H3,(H,40,41). The first-order valence-corrected chi connectivity index (χ1v) is 17.2. The zero-order valence-corrected chi connectivity index (χ0v) is 27.6. The number of ether oxygens (including phenoxy) is 1. The predicted molar refractivity (Wildman–Crippen MR) is 186 cm³/mol. The van der Waals surface area contributed by atoms with Crippen LogP contribution >= 0.6 is 34.4 Å². The van der Waals surface area contributed by atoms with Crippen LogP contribution < -0.4 is 4.74 Å². The van der Waals surface area contributed by atoms with Crippen LogP contribution in [0.1, 0.15) is 58.2 Å². The lowest BCUT2D eigenvalue weighted by atomic mass is 9.95. The highest BCUT2D eigenvalue weighted by atomic mass is 32.2. The number of ketones is 2. The molecule has 0 spiro atoms. The number of aryl methyl sites for hydroxylation is 1. The zero-order chi connectivity index (χ0) is 31.9. The number of carbonyl (C=O) groups excluding carboxylic acids is 2. The maximum atomic E-state index is 11.8. The Morgan fingerprint density at radius 2 is 1.29 bits per heavy atom. The molecule has 5 rings (SSSR count). The molecule has 0 amide bonds. The third-order valence-electron chi connectivity index (χ3n) is 7.27. The molecule has 0 unspecified atom stereocenters. The highest BCUT2D eigenvalue weighted by molar-refractivity contribution is 7.99. The lowest BCUT2D eigenvalue weighted by Crippen LogP contribution is -2.10. The van der Waals surface area contributed by atoms with Crippen molar-refractivity contribution in [2.24, 2.45) is 0 Å². The van der Waals surface area contributed by atoms with E-state index in [1.54, 1.807) is 48.3 Å². The van der Waals surface area contributed by atoms with Crippen molar-refractivity contribution in [2.45, 2.75) is 32.1 Å². The van der Waals surface area contributed by atoms with Gasteiger partial charge in [0.25, 0.3) is 0 Å². The van der Waals surface area contributed by atoms with Crippen LogP contribution in [0.4, 0.5) is 0 Å². The van der Waals surface area contributed by atoms with Crippen molar-refractivity contribution in [3.63, 3.8) is 0 Å². The second-order valence-corrected chi connectivity index (χ2v) is 13.3. The molecule has 0 aliphatic rings. The van der Waals surface area contributed by atoms with Gasteiger partial charge in [-0.2, -0.15) is 0 Å². The van der Waals surface area contributed by atoms with Crippen LogP contribution in [0.2, 0.25) is 0 Å². The summed E-state index contributed by atoms with van der Waals surface area (Å²) >= 11 is 4.84. The Morgan fingerprint density at radius 1 is 0.756 bits per heavy atom. The van der Waals surface area contributed by atoms with E-state index in [0.29, 0.717) is 5.75 Å². The molecule has 0 saturated heterocycles. The summed E-state index contributed by atoms with van der Waals surface area (Å²) in [5.41, 5.74) is 7.82. The van der Waals surface area contributed by atoms with Crippen molar-refractivity contribution in [1.29, 1.82) is 0 Å². The average Bonchev–Trinajstić information content (AvgIpc) is 3.74. The summed E-state index contributed by atoms with van der Waals surface area (Å²) in [6, 6.07) is 26.6. The van der Waals surface area contributed by atoms with Crippen molar-refractivity contribution >= 4 is 57.5 Å². The van der Waals surface area contributed by atoms with E-state index in [1.807, 2.05) is 41.9 Å². The maximum absolute atomic E-state index is 11.8. The van der Waals surface area contributed by atoms with Crippen molar-refractivity contribution in [3.8, 4) is 26.6 Å². The van der Waals surface area contributed by atoms with E-state index in [1.165, 1.54) is 0 Å². The van der Waals surface area contributed by atoms with E-state index in [2.05, 4.69) is 60.7 Å². The summed E-state index contributed by atoms with van der Waals surface area (Å²) in [5.74, 6) is 0.448. The Labute approximate surface area is 275 Å². The Balaban J connectivity index is 1.42. The smallest absolute Gasteiger partial charge is 0.341 e. The Hall–Kier alpha value is -4.24. The minimum Gasteiger partial charge on any atom is -0.482 e. The summed E-state index contributed by atoms with van der Waals surface area (Å²) in [4.78, 5) is 37.7. The molecule has 0 atom stereocenters. The summed E-state index contributed by atoms with van der Waals surface area (Å²) in [7, 11) is 0. The highest BCUT2D eigenvalue weighted by Gasteiger charge is 2.12. The highest BCUT2D eigenvalue weighted by Crippen LogP contribution is 2.34. The van der Waals surface area contributed by atoms with Crippen LogP contribution in [-0.4, -0.2) is 35.0 Å². The maximum Gasteiger partial charge on any atom is 0.341 e. The molecule has 5 nitrogen and oxygen atoms in total. The molecular weight excluding hydrogens is 621 g/mol. The number of thioether (sulfide) groups is 1. The largest absolute Gasteiger partial charge is 0.482 e. The summed E-state index contributed by atoms with van der Waals surface area (Å²) < 4.78 is 5.46. The predicted octanol–water partition coefficient (Wildman–Crippen LogP) is 9.80. The second-order valence-electron chi connectivity index (χ2n) is 10.4. The molecule has 0 aliphatic heterocycles. The van der Waals surface area contributed by atoms with Gasteiger partial charge in [0.2, 0.25) is 0 Å². The molecule has 5 aromatic rings. The van der Waals surface area contributed by atoms with Gasteiger partial charge in [0.05, 0.1) is 0 Å². The molecule has 1 N–H and O–H groups in total. The van der Waals surface area contributed by atoms with Gasteiger partial charge in [-0.05, 0) is 84.0 Å². The minimum atomic E-state index is -0.998. The van der Waals surface area contributed by atoms with Crippen LogP contribution in [0.5, 0.6) is 5.75 Å². The molecule has 0 saturated carbocycles. The van der Waals surface area contributed by atoms with Gasteiger partial charge in [0.1, 0.15) is 5.75 Å². The molecular formula is C37H32O5S3. The molecule has 0 fully saturated rings. The number of rotatable bonds is 13. The fraction of sp³-hybridized carbons (Fsp3) is 0.162. The molecule has 0 aliphatic carbocycles. The van der Waals surface area contributed by atoms with Crippen LogP contribution in [0, 0.1) is 0 Å². The zero-order valence-electron chi connectivity index (χ0n) is 25.2. The third-order valence-corrected chi connectivity index (χ3v) is 10.2. The lowest BCUT2D eigenvalue weighted by molar-refractivity contribution is -0.139. The van der Waals surface area contributed by atoms with Gasteiger partial charge in [-0.15, -0.1) is 34.4 Å². The first-order chi connectivity index (χ1) is 21.7. The average molecular weight is 653 g/mol. The molecule has 45 heavy (non-hydrogen) atoms. The van der Waals surface area contributed by atoms with E-state index in [4.69, 9.17) is 9.84 Å². The SMILES string of the molecule is CCc1cc(SCC=C(c2ccc(-c3cc(C(C)=O)cs3)cc2)c2ccc(-c3cc(C(C)=O)cs3)cc2)ccc1OCC(=O)O. The molecule has 2 heterocycles. The second kappa shape index (κ2) is 14.7. The van der Waals surface area contributed by atoms with Crippen molar-refractivity contribution in [2.75, 3.05) is 12.4 Å². The van der Waals surface area contributed by atoms with Crippen molar-refractivity contribution < 1.29 is 24.2 Å². The fourth-order valence-corrected chi connectivity index (χ4v) is 7.54. The molecule has 0 radical (unpaired) electrons. The Bertz CT molecular complexity index is 1760. The van der Waals surface area contributed by atoms with E-state index < -0.39 is 5.97 Å². The Morgan fingerprint density at radius 3 is 1.73 bits per heavy atom. The number of carboxylic acid groups (broad SMARTS) is 1. The van der Waals surface area contributed by atoms with Crippen LogP contribution in [0.15, 0.2) is 101 Å². The van der Waals surface area contributed by atoms with Crippen LogP contribution in [-0.2, 0) is 11.2 Å². The number of benzene rings is 3. The van der Waals surface area contributed by atoms with Gasteiger partial charge >= 0.3 is 5.97 Å². The van der Waals surface area contributed by atoms with Gasteiger partial charge in [-0.3, -0.25) is 9.59 Å². The topological polar surface area (TPSA) is 80.7 Å². The van der Waals surface area contributed by atoms with E-state index in [-0.39, 0.29) is 18.2 Å². The van der Waals surface area contributed by atoms with Crippen molar-refractivity contribution in [3.05, 3.63) is 124 Å². The molecule has 8 heteroatoms. The number of thiophene rings is 2. The number of hydrogen-bond acceptors (Lipinski definition) is 7. The summed E-state index contributed by atoms with van der Waals surface area (Å²) in [6.07, 6.45) is 2.96. The van der Waals surface area contributed by atoms with Gasteiger partial charge in [-0.25, -0.2) is 4.79 Å². The summed E-state index contributed by atoms with van der Waals surface area (Å²) in [6.45, 7) is 4.83. The molecule has 3 aromatic carbocycles. The molecule has 0 bridgehead atoms. The van der Waals surface area contributed by atoms with Crippen LogP contribution in [0.3, 0.4) is 0 Å².